The fraction of sp³-hybridized carbons (Fsp3) is 1.00. The van der Waals surface area contributed by atoms with Gasteiger partial charge in [-0.25, -0.2) is 5.48 Å². The van der Waals surface area contributed by atoms with Crippen molar-refractivity contribution in [3.05, 3.63) is 0 Å². The Hall–Kier alpha value is -0.0800. The standard InChI is InChI=1S/C9H19NO/c1-2-11-10-8-9-6-4-3-5-7-9/h9-10H,2-8H2,1H3. The molecule has 0 bridgehead atoms. The van der Waals surface area contributed by atoms with E-state index in [0.717, 1.165) is 19.1 Å². The first kappa shape index (κ1) is 9.01. The summed E-state index contributed by atoms with van der Waals surface area (Å²) in [5.41, 5.74) is 3.00. The highest BCUT2D eigenvalue weighted by atomic mass is 16.6. The van der Waals surface area contributed by atoms with Crippen LogP contribution in [-0.2, 0) is 4.84 Å². The predicted molar refractivity (Wildman–Crippen MR) is 46.2 cm³/mol. The number of hydroxylamine groups is 1. The maximum absolute atomic E-state index is 5.09. The summed E-state index contributed by atoms with van der Waals surface area (Å²) >= 11 is 0. The minimum atomic E-state index is 0.771. The Morgan fingerprint density at radius 2 is 2.00 bits per heavy atom. The van der Waals surface area contributed by atoms with Gasteiger partial charge in [0.25, 0.3) is 0 Å². The van der Waals surface area contributed by atoms with Crippen molar-refractivity contribution in [3.8, 4) is 0 Å². The Bertz CT molecular complexity index is 89.6. The van der Waals surface area contributed by atoms with Crippen molar-refractivity contribution in [2.45, 2.75) is 39.0 Å². The fourth-order valence-corrected chi connectivity index (χ4v) is 1.67. The van der Waals surface area contributed by atoms with Crippen LogP contribution in [0, 0.1) is 5.92 Å². The summed E-state index contributed by atoms with van der Waals surface area (Å²) in [6, 6.07) is 0. The molecule has 0 aliphatic heterocycles. The zero-order valence-electron chi connectivity index (χ0n) is 7.44. The minimum absolute atomic E-state index is 0.771. The van der Waals surface area contributed by atoms with Gasteiger partial charge in [-0.15, -0.1) is 0 Å². The molecule has 1 aliphatic carbocycles. The normalized spacial score (nSPS) is 20.5. The van der Waals surface area contributed by atoms with Gasteiger partial charge in [-0.1, -0.05) is 19.3 Å². The molecule has 0 aromatic rings. The smallest absolute Gasteiger partial charge is 0.0653 e. The van der Waals surface area contributed by atoms with E-state index in [9.17, 15) is 0 Å². The molecule has 0 unspecified atom stereocenters. The van der Waals surface area contributed by atoms with E-state index in [4.69, 9.17) is 4.84 Å². The monoisotopic (exact) mass is 157 g/mol. The van der Waals surface area contributed by atoms with Crippen LogP contribution in [0.3, 0.4) is 0 Å². The van der Waals surface area contributed by atoms with E-state index < -0.39 is 0 Å². The van der Waals surface area contributed by atoms with Gasteiger partial charge in [-0.05, 0) is 25.7 Å². The van der Waals surface area contributed by atoms with Crippen LogP contribution in [0.4, 0.5) is 0 Å². The van der Waals surface area contributed by atoms with Crippen LogP contribution < -0.4 is 5.48 Å². The van der Waals surface area contributed by atoms with Crippen molar-refractivity contribution in [3.63, 3.8) is 0 Å². The third kappa shape index (κ3) is 3.73. The summed E-state index contributed by atoms with van der Waals surface area (Å²) in [7, 11) is 0. The lowest BCUT2D eigenvalue weighted by Gasteiger charge is -2.21. The Balaban J connectivity index is 1.96. The molecule has 0 saturated heterocycles. The topological polar surface area (TPSA) is 21.3 Å². The van der Waals surface area contributed by atoms with Crippen molar-refractivity contribution in [2.24, 2.45) is 5.92 Å². The summed E-state index contributed by atoms with van der Waals surface area (Å²) in [6.07, 6.45) is 7.04. The highest BCUT2D eigenvalue weighted by molar-refractivity contribution is 4.65. The number of rotatable bonds is 4. The minimum Gasteiger partial charge on any atom is -0.302 e. The molecule has 1 saturated carbocycles. The summed E-state index contributed by atoms with van der Waals surface area (Å²) in [4.78, 5) is 5.09. The first-order chi connectivity index (χ1) is 5.43. The fourth-order valence-electron chi connectivity index (χ4n) is 1.67. The van der Waals surface area contributed by atoms with Gasteiger partial charge in [0.15, 0.2) is 0 Å². The van der Waals surface area contributed by atoms with Crippen molar-refractivity contribution < 1.29 is 4.84 Å². The maximum Gasteiger partial charge on any atom is 0.0653 e. The van der Waals surface area contributed by atoms with Crippen LogP contribution in [-0.4, -0.2) is 13.2 Å². The molecule has 66 valence electrons. The summed E-state index contributed by atoms with van der Waals surface area (Å²) < 4.78 is 0. The molecule has 0 atom stereocenters. The molecule has 0 aromatic carbocycles. The Morgan fingerprint density at radius 3 is 2.64 bits per heavy atom. The molecule has 2 nitrogen and oxygen atoms in total. The highest BCUT2D eigenvalue weighted by Gasteiger charge is 2.12. The Kier molecular flexibility index (Phi) is 4.55. The third-order valence-electron chi connectivity index (χ3n) is 2.34. The molecule has 2 heteroatoms. The number of hydrogen-bond acceptors (Lipinski definition) is 2. The number of nitrogens with one attached hydrogen (secondary N) is 1. The van der Waals surface area contributed by atoms with Gasteiger partial charge >= 0.3 is 0 Å². The van der Waals surface area contributed by atoms with E-state index in [1.165, 1.54) is 32.1 Å². The SMILES string of the molecule is CCONCC1CCCCC1. The molecule has 0 heterocycles. The molecule has 1 aliphatic rings. The second-order valence-corrected chi connectivity index (χ2v) is 3.29. The summed E-state index contributed by atoms with van der Waals surface area (Å²) in [6.45, 7) is 3.83. The van der Waals surface area contributed by atoms with Gasteiger partial charge in [-0.2, -0.15) is 0 Å². The average molecular weight is 157 g/mol. The molecule has 0 aromatic heterocycles. The van der Waals surface area contributed by atoms with Gasteiger partial charge in [0.1, 0.15) is 0 Å². The average Bonchev–Trinajstić information content (AvgIpc) is 2.07. The van der Waals surface area contributed by atoms with Crippen LogP contribution in [0.25, 0.3) is 0 Å². The van der Waals surface area contributed by atoms with Gasteiger partial charge < -0.3 is 4.84 Å². The second-order valence-electron chi connectivity index (χ2n) is 3.29. The van der Waals surface area contributed by atoms with E-state index >= 15 is 0 Å². The zero-order chi connectivity index (χ0) is 7.94. The van der Waals surface area contributed by atoms with E-state index in [1.54, 1.807) is 0 Å². The van der Waals surface area contributed by atoms with Crippen molar-refractivity contribution in [1.82, 2.24) is 5.48 Å². The molecule has 0 radical (unpaired) electrons. The van der Waals surface area contributed by atoms with E-state index in [0.29, 0.717) is 0 Å². The van der Waals surface area contributed by atoms with Crippen molar-refractivity contribution >= 4 is 0 Å². The Labute approximate surface area is 69.3 Å². The summed E-state index contributed by atoms with van der Waals surface area (Å²) in [5, 5.41) is 0. The quantitative estimate of drug-likeness (QED) is 0.498. The van der Waals surface area contributed by atoms with Crippen molar-refractivity contribution in [2.75, 3.05) is 13.2 Å². The lowest BCUT2D eigenvalue weighted by molar-refractivity contribution is 0.0377. The van der Waals surface area contributed by atoms with Crippen LogP contribution >= 0.6 is 0 Å². The van der Waals surface area contributed by atoms with Gasteiger partial charge in [0, 0.05) is 6.54 Å². The van der Waals surface area contributed by atoms with E-state index in [1.807, 2.05) is 6.92 Å². The van der Waals surface area contributed by atoms with Crippen molar-refractivity contribution in [1.29, 1.82) is 0 Å². The Morgan fingerprint density at radius 1 is 1.27 bits per heavy atom. The zero-order valence-corrected chi connectivity index (χ0v) is 7.44. The first-order valence-corrected chi connectivity index (χ1v) is 4.78. The maximum atomic E-state index is 5.09. The van der Waals surface area contributed by atoms with Crippen LogP contribution in [0.2, 0.25) is 0 Å². The lowest BCUT2D eigenvalue weighted by Crippen LogP contribution is -2.24. The van der Waals surface area contributed by atoms with Gasteiger partial charge in [0.05, 0.1) is 6.61 Å². The van der Waals surface area contributed by atoms with Crippen LogP contribution in [0.1, 0.15) is 39.0 Å². The molecular weight excluding hydrogens is 138 g/mol. The molecule has 0 spiro atoms. The third-order valence-corrected chi connectivity index (χ3v) is 2.34. The highest BCUT2D eigenvalue weighted by Crippen LogP contribution is 2.22. The molecule has 1 N–H and O–H groups in total. The largest absolute Gasteiger partial charge is 0.302 e. The molecule has 11 heavy (non-hydrogen) atoms. The molecular formula is C9H19NO. The summed E-state index contributed by atoms with van der Waals surface area (Å²) in [5.74, 6) is 0.871. The van der Waals surface area contributed by atoms with Gasteiger partial charge in [0.2, 0.25) is 0 Å². The molecule has 1 rings (SSSR count). The number of hydrogen-bond donors (Lipinski definition) is 1. The molecule has 0 amide bonds. The predicted octanol–water partition coefficient (Wildman–Crippen LogP) is 2.11. The molecule has 1 fully saturated rings. The first-order valence-electron chi connectivity index (χ1n) is 4.78. The van der Waals surface area contributed by atoms with E-state index in [-0.39, 0.29) is 0 Å². The van der Waals surface area contributed by atoms with Crippen LogP contribution in [0.15, 0.2) is 0 Å². The van der Waals surface area contributed by atoms with Gasteiger partial charge in [-0.3, -0.25) is 0 Å². The lowest BCUT2D eigenvalue weighted by atomic mass is 9.89. The van der Waals surface area contributed by atoms with E-state index in [2.05, 4.69) is 5.48 Å². The second kappa shape index (κ2) is 5.56. The van der Waals surface area contributed by atoms with Crippen LogP contribution in [0.5, 0.6) is 0 Å².